The van der Waals surface area contributed by atoms with Crippen molar-refractivity contribution < 1.29 is 19.1 Å². The number of carbonyl (C=O) groups is 3. The van der Waals surface area contributed by atoms with E-state index in [0.717, 1.165) is 11.6 Å². The minimum Gasteiger partial charge on any atom is -0.430 e. The van der Waals surface area contributed by atoms with Gasteiger partial charge in [-0.2, -0.15) is 0 Å². The average molecular weight is 282 g/mol. The van der Waals surface area contributed by atoms with E-state index in [-0.39, 0.29) is 5.76 Å². The van der Waals surface area contributed by atoms with Crippen LogP contribution in [0.5, 0.6) is 0 Å². The Hall–Kier alpha value is -2.75. The summed E-state index contributed by atoms with van der Waals surface area (Å²) in [5.41, 5.74) is 0.987. The fraction of sp³-hybridized carbons (Fsp3) is 0.118. The van der Waals surface area contributed by atoms with E-state index in [2.05, 4.69) is 0 Å². The van der Waals surface area contributed by atoms with Crippen molar-refractivity contribution in [1.82, 2.24) is 0 Å². The lowest BCUT2D eigenvalue weighted by molar-refractivity contribution is -0.151. The molecule has 0 aliphatic carbocycles. The quantitative estimate of drug-likeness (QED) is 0.368. The Bertz CT molecular complexity index is 651. The van der Waals surface area contributed by atoms with Gasteiger partial charge >= 0.3 is 5.97 Å². The zero-order chi connectivity index (χ0) is 15.2. The normalized spacial score (nSPS) is 18.9. The molecule has 1 aliphatic heterocycles. The predicted octanol–water partition coefficient (Wildman–Crippen LogP) is 2.47. The second kappa shape index (κ2) is 6.61. The Morgan fingerprint density at radius 1 is 1.14 bits per heavy atom. The van der Waals surface area contributed by atoms with E-state index < -0.39 is 23.5 Å². The van der Waals surface area contributed by atoms with Crippen LogP contribution < -0.4 is 0 Å². The largest absolute Gasteiger partial charge is 0.430 e. The van der Waals surface area contributed by atoms with Gasteiger partial charge in [0.2, 0.25) is 0 Å². The molecule has 0 fully saturated rings. The lowest BCUT2D eigenvalue weighted by Crippen LogP contribution is -2.34. The SMILES string of the molecule is CC1=CC(=O)[C@H](C(=O)/C=C/C=C/c2ccccc2)C(=O)O1. The monoisotopic (exact) mass is 282 g/mol. The van der Waals surface area contributed by atoms with E-state index in [1.807, 2.05) is 36.4 Å². The third-order valence-electron chi connectivity index (χ3n) is 2.87. The molecule has 0 amide bonds. The summed E-state index contributed by atoms with van der Waals surface area (Å²) in [5, 5.41) is 0. The topological polar surface area (TPSA) is 60.4 Å². The van der Waals surface area contributed by atoms with Gasteiger partial charge in [-0.1, -0.05) is 48.6 Å². The Kier molecular flexibility index (Phi) is 4.61. The molecule has 0 saturated heterocycles. The molecule has 0 unspecified atom stereocenters. The second-order valence-corrected chi connectivity index (χ2v) is 4.54. The summed E-state index contributed by atoms with van der Waals surface area (Å²) in [6.07, 6.45) is 7.36. The van der Waals surface area contributed by atoms with Gasteiger partial charge in [0.25, 0.3) is 0 Å². The second-order valence-electron chi connectivity index (χ2n) is 4.54. The van der Waals surface area contributed by atoms with Gasteiger partial charge in [0.15, 0.2) is 17.5 Å². The first kappa shape index (κ1) is 14.7. The zero-order valence-corrected chi connectivity index (χ0v) is 11.5. The molecule has 1 aromatic carbocycles. The highest BCUT2D eigenvalue weighted by Crippen LogP contribution is 2.16. The van der Waals surface area contributed by atoms with Gasteiger partial charge in [0.05, 0.1) is 0 Å². The zero-order valence-electron chi connectivity index (χ0n) is 11.5. The highest BCUT2D eigenvalue weighted by Gasteiger charge is 2.36. The van der Waals surface area contributed by atoms with Crippen molar-refractivity contribution in [2.45, 2.75) is 6.92 Å². The number of cyclic esters (lactones) is 1. The highest BCUT2D eigenvalue weighted by molar-refractivity contribution is 6.24. The van der Waals surface area contributed by atoms with Crippen LogP contribution in [-0.4, -0.2) is 17.5 Å². The first-order valence-electron chi connectivity index (χ1n) is 6.45. The van der Waals surface area contributed by atoms with Crippen LogP contribution in [0.4, 0.5) is 0 Å². The molecule has 1 atom stereocenters. The van der Waals surface area contributed by atoms with E-state index in [1.165, 1.54) is 19.1 Å². The van der Waals surface area contributed by atoms with Crippen molar-refractivity contribution >= 4 is 23.6 Å². The van der Waals surface area contributed by atoms with E-state index in [9.17, 15) is 14.4 Å². The number of esters is 1. The van der Waals surface area contributed by atoms with Gasteiger partial charge in [-0.05, 0) is 18.6 Å². The molecular weight excluding hydrogens is 268 g/mol. The van der Waals surface area contributed by atoms with Gasteiger partial charge in [-0.3, -0.25) is 14.4 Å². The number of carbonyl (C=O) groups excluding carboxylic acids is 3. The molecule has 0 radical (unpaired) electrons. The maximum Gasteiger partial charge on any atom is 0.329 e. The highest BCUT2D eigenvalue weighted by atomic mass is 16.5. The predicted molar refractivity (Wildman–Crippen MR) is 78.0 cm³/mol. The molecule has 1 aliphatic rings. The van der Waals surface area contributed by atoms with Crippen LogP contribution in [0, 0.1) is 5.92 Å². The number of allylic oxidation sites excluding steroid dienone is 5. The molecule has 4 heteroatoms. The Labute approximate surface area is 122 Å². The summed E-state index contributed by atoms with van der Waals surface area (Å²) in [6, 6.07) is 9.55. The van der Waals surface area contributed by atoms with Gasteiger partial charge in [-0.25, -0.2) is 0 Å². The fourth-order valence-corrected chi connectivity index (χ4v) is 1.88. The number of hydrogen-bond donors (Lipinski definition) is 0. The third kappa shape index (κ3) is 3.86. The van der Waals surface area contributed by atoms with Crippen LogP contribution in [0.2, 0.25) is 0 Å². The summed E-state index contributed by atoms with van der Waals surface area (Å²) in [5.74, 6) is -3.10. The van der Waals surface area contributed by atoms with Crippen molar-refractivity contribution in [2.75, 3.05) is 0 Å². The van der Waals surface area contributed by atoms with Crippen LogP contribution in [-0.2, 0) is 19.1 Å². The minimum absolute atomic E-state index is 0.210. The number of benzene rings is 1. The first-order chi connectivity index (χ1) is 10.1. The van der Waals surface area contributed by atoms with E-state index in [0.29, 0.717) is 0 Å². The van der Waals surface area contributed by atoms with Crippen LogP contribution in [0.15, 0.2) is 60.4 Å². The number of hydrogen-bond acceptors (Lipinski definition) is 4. The van der Waals surface area contributed by atoms with Gasteiger partial charge < -0.3 is 4.74 Å². The van der Waals surface area contributed by atoms with Crippen molar-refractivity contribution in [3.63, 3.8) is 0 Å². The summed E-state index contributed by atoms with van der Waals surface area (Å²) in [4.78, 5) is 35.1. The third-order valence-corrected chi connectivity index (χ3v) is 2.87. The molecule has 1 heterocycles. The molecule has 1 aromatic rings. The van der Waals surface area contributed by atoms with E-state index in [4.69, 9.17) is 4.74 Å². The van der Waals surface area contributed by atoms with Crippen LogP contribution in [0.3, 0.4) is 0 Å². The minimum atomic E-state index is -1.38. The molecule has 0 bridgehead atoms. The summed E-state index contributed by atoms with van der Waals surface area (Å²) >= 11 is 0. The van der Waals surface area contributed by atoms with Gasteiger partial charge in [-0.15, -0.1) is 0 Å². The van der Waals surface area contributed by atoms with Crippen LogP contribution >= 0.6 is 0 Å². The number of ketones is 2. The molecule has 2 rings (SSSR count). The standard InChI is InChI=1S/C17H14O4/c1-12-11-15(19)16(17(20)21-12)14(18)10-6-5-9-13-7-3-2-4-8-13/h2-11,16H,1H3/b9-5+,10-6+/t16-/m0/s1. The van der Waals surface area contributed by atoms with Gasteiger partial charge in [0, 0.05) is 6.08 Å². The van der Waals surface area contributed by atoms with Crippen LogP contribution in [0.25, 0.3) is 6.08 Å². The molecular formula is C17H14O4. The fourth-order valence-electron chi connectivity index (χ4n) is 1.88. The van der Waals surface area contributed by atoms with E-state index >= 15 is 0 Å². The molecule has 0 aromatic heterocycles. The molecule has 0 saturated carbocycles. The average Bonchev–Trinajstić information content (AvgIpc) is 2.43. The smallest absolute Gasteiger partial charge is 0.329 e. The molecule has 0 N–H and O–H groups in total. The van der Waals surface area contributed by atoms with E-state index in [1.54, 1.807) is 6.08 Å². The lowest BCUT2D eigenvalue weighted by atomic mass is 9.96. The van der Waals surface area contributed by atoms with Crippen molar-refractivity contribution in [3.05, 3.63) is 66.0 Å². The Morgan fingerprint density at radius 3 is 2.52 bits per heavy atom. The van der Waals surface area contributed by atoms with Crippen molar-refractivity contribution in [2.24, 2.45) is 5.92 Å². The Morgan fingerprint density at radius 2 is 1.86 bits per heavy atom. The van der Waals surface area contributed by atoms with Crippen LogP contribution in [0.1, 0.15) is 12.5 Å². The summed E-state index contributed by atoms with van der Waals surface area (Å²) in [6.45, 7) is 1.49. The number of rotatable bonds is 4. The molecule has 0 spiro atoms. The summed E-state index contributed by atoms with van der Waals surface area (Å²) < 4.78 is 4.79. The van der Waals surface area contributed by atoms with Crippen molar-refractivity contribution in [3.8, 4) is 0 Å². The maximum atomic E-state index is 11.9. The first-order valence-corrected chi connectivity index (χ1v) is 6.45. The lowest BCUT2D eigenvalue weighted by Gasteiger charge is -2.15. The Balaban J connectivity index is 2.01. The summed E-state index contributed by atoms with van der Waals surface area (Å²) in [7, 11) is 0. The maximum absolute atomic E-state index is 11.9. The number of ether oxygens (including phenoxy) is 1. The molecule has 106 valence electrons. The molecule has 4 nitrogen and oxygen atoms in total. The van der Waals surface area contributed by atoms with Gasteiger partial charge in [0.1, 0.15) is 5.76 Å². The van der Waals surface area contributed by atoms with Crippen molar-refractivity contribution in [1.29, 1.82) is 0 Å². The molecule has 21 heavy (non-hydrogen) atoms.